The molecule has 2 heteroatoms. The number of fused-ring (bicyclic) bond motifs is 3. The van der Waals surface area contributed by atoms with E-state index in [-0.39, 0.29) is 0 Å². The molecule has 0 amide bonds. The lowest BCUT2D eigenvalue weighted by atomic mass is 9.82. The predicted molar refractivity (Wildman–Crippen MR) is 86.0 cm³/mol. The first-order chi connectivity index (χ1) is 10.8. The number of ketones is 2. The molecule has 3 aromatic rings. The van der Waals surface area contributed by atoms with Gasteiger partial charge in [-0.25, -0.2) is 0 Å². The van der Waals surface area contributed by atoms with Crippen molar-refractivity contribution in [3.05, 3.63) is 83.9 Å². The Hall–Kier alpha value is -3.00. The molecule has 104 valence electrons. The molecule has 0 atom stereocenters. The normalized spacial score (nSPS) is 12.7. The lowest BCUT2D eigenvalue weighted by Gasteiger charge is -2.18. The van der Waals surface area contributed by atoms with Gasteiger partial charge in [-0.2, -0.15) is 0 Å². The molecule has 0 saturated carbocycles. The number of carbonyl (C=O) groups is 2. The molecule has 0 saturated heterocycles. The number of rotatable bonds is 1. The second-order valence-corrected chi connectivity index (χ2v) is 5.33. The van der Waals surface area contributed by atoms with Crippen LogP contribution in [0.3, 0.4) is 0 Å². The lowest BCUT2D eigenvalue weighted by molar-refractivity contribution is 0.0815. The van der Waals surface area contributed by atoms with Crippen LogP contribution >= 0.6 is 0 Å². The van der Waals surface area contributed by atoms with Crippen LogP contribution in [-0.2, 0) is 0 Å². The SMILES string of the molecule is O=C1C(=O)c2cc(-c3ccccc3)ccc2-c2ccccc21. The van der Waals surface area contributed by atoms with Gasteiger partial charge in [0, 0.05) is 11.1 Å². The van der Waals surface area contributed by atoms with Gasteiger partial charge in [0.25, 0.3) is 0 Å². The minimum absolute atomic E-state index is 0.423. The van der Waals surface area contributed by atoms with E-state index in [0.717, 1.165) is 22.3 Å². The fourth-order valence-electron chi connectivity index (χ4n) is 2.94. The van der Waals surface area contributed by atoms with Crippen molar-refractivity contribution in [3.8, 4) is 22.3 Å². The zero-order chi connectivity index (χ0) is 15.1. The van der Waals surface area contributed by atoms with E-state index in [1.165, 1.54) is 0 Å². The third kappa shape index (κ3) is 1.81. The van der Waals surface area contributed by atoms with Crippen molar-refractivity contribution in [1.29, 1.82) is 0 Å². The van der Waals surface area contributed by atoms with Crippen molar-refractivity contribution < 1.29 is 9.59 Å². The summed E-state index contributed by atoms with van der Waals surface area (Å²) in [6.07, 6.45) is 0. The van der Waals surface area contributed by atoms with Crippen LogP contribution in [0, 0.1) is 0 Å². The van der Waals surface area contributed by atoms with Crippen LogP contribution in [0.25, 0.3) is 22.3 Å². The zero-order valence-corrected chi connectivity index (χ0v) is 11.7. The van der Waals surface area contributed by atoms with E-state index in [1.54, 1.807) is 12.1 Å². The Balaban J connectivity index is 1.95. The van der Waals surface area contributed by atoms with Gasteiger partial charge in [-0.15, -0.1) is 0 Å². The first kappa shape index (κ1) is 12.7. The number of benzene rings is 3. The highest BCUT2D eigenvalue weighted by Gasteiger charge is 2.30. The Kier molecular flexibility index (Phi) is 2.76. The van der Waals surface area contributed by atoms with Crippen molar-refractivity contribution in [2.24, 2.45) is 0 Å². The Labute approximate surface area is 128 Å². The summed E-state index contributed by atoms with van der Waals surface area (Å²) >= 11 is 0. The Bertz CT molecular complexity index is 908. The van der Waals surface area contributed by atoms with Crippen molar-refractivity contribution in [3.63, 3.8) is 0 Å². The van der Waals surface area contributed by atoms with Crippen LogP contribution in [0.5, 0.6) is 0 Å². The molecule has 0 heterocycles. The molecule has 1 aliphatic rings. The maximum atomic E-state index is 12.4. The standard InChI is InChI=1S/C20H12O2/c21-19-17-9-5-4-8-15(17)16-11-10-14(12-18(16)20(19)22)13-6-2-1-3-7-13/h1-12H. The highest BCUT2D eigenvalue weighted by molar-refractivity contribution is 6.53. The number of carbonyl (C=O) groups excluding carboxylic acids is 2. The first-order valence-electron chi connectivity index (χ1n) is 7.13. The van der Waals surface area contributed by atoms with Gasteiger partial charge in [-0.1, -0.05) is 66.7 Å². The molecular formula is C20H12O2. The highest BCUT2D eigenvalue weighted by atomic mass is 16.2. The van der Waals surface area contributed by atoms with E-state index in [2.05, 4.69) is 0 Å². The molecule has 4 rings (SSSR count). The molecule has 0 spiro atoms. The molecule has 3 aromatic carbocycles. The van der Waals surface area contributed by atoms with Crippen molar-refractivity contribution in [1.82, 2.24) is 0 Å². The maximum absolute atomic E-state index is 12.4. The van der Waals surface area contributed by atoms with Gasteiger partial charge in [-0.05, 0) is 28.3 Å². The third-order valence-corrected chi connectivity index (χ3v) is 4.04. The highest BCUT2D eigenvalue weighted by Crippen LogP contribution is 2.35. The van der Waals surface area contributed by atoms with Gasteiger partial charge in [0.15, 0.2) is 0 Å². The largest absolute Gasteiger partial charge is 0.285 e. The third-order valence-electron chi connectivity index (χ3n) is 4.04. The molecule has 22 heavy (non-hydrogen) atoms. The summed E-state index contributed by atoms with van der Waals surface area (Å²) in [6, 6.07) is 22.9. The van der Waals surface area contributed by atoms with Gasteiger partial charge in [-0.3, -0.25) is 9.59 Å². The number of hydrogen-bond acceptors (Lipinski definition) is 2. The molecule has 1 aliphatic carbocycles. The zero-order valence-electron chi connectivity index (χ0n) is 11.7. The van der Waals surface area contributed by atoms with Gasteiger partial charge in [0.2, 0.25) is 11.6 Å². The van der Waals surface area contributed by atoms with Gasteiger partial charge in [0.05, 0.1) is 0 Å². The summed E-state index contributed by atoms with van der Waals surface area (Å²) in [5, 5.41) is 0. The molecule has 0 unspecified atom stereocenters. The minimum Gasteiger partial charge on any atom is -0.285 e. The molecule has 0 radical (unpaired) electrons. The molecule has 2 nitrogen and oxygen atoms in total. The van der Waals surface area contributed by atoms with Crippen LogP contribution in [0.15, 0.2) is 72.8 Å². The average Bonchev–Trinajstić information content (AvgIpc) is 2.60. The summed E-state index contributed by atoms with van der Waals surface area (Å²) in [7, 11) is 0. The summed E-state index contributed by atoms with van der Waals surface area (Å²) in [6.45, 7) is 0. The number of Topliss-reactive ketones (excluding diaryl/α,β-unsaturated/α-hetero) is 2. The van der Waals surface area contributed by atoms with Crippen LogP contribution in [0.2, 0.25) is 0 Å². The predicted octanol–water partition coefficient (Wildman–Crippen LogP) is 4.40. The van der Waals surface area contributed by atoms with Gasteiger partial charge >= 0.3 is 0 Å². The monoisotopic (exact) mass is 284 g/mol. The van der Waals surface area contributed by atoms with Crippen molar-refractivity contribution in [2.45, 2.75) is 0 Å². The van der Waals surface area contributed by atoms with Crippen LogP contribution in [0.1, 0.15) is 20.7 Å². The smallest absolute Gasteiger partial charge is 0.234 e. The van der Waals surface area contributed by atoms with E-state index in [0.29, 0.717) is 11.1 Å². The molecule has 0 bridgehead atoms. The molecule has 0 N–H and O–H groups in total. The van der Waals surface area contributed by atoms with Crippen LogP contribution in [0.4, 0.5) is 0 Å². The first-order valence-corrected chi connectivity index (χ1v) is 7.13. The van der Waals surface area contributed by atoms with E-state index < -0.39 is 11.6 Å². The van der Waals surface area contributed by atoms with E-state index >= 15 is 0 Å². The Morgan fingerprint density at radius 2 is 1.05 bits per heavy atom. The summed E-state index contributed by atoms with van der Waals surface area (Å²) < 4.78 is 0. The van der Waals surface area contributed by atoms with Crippen LogP contribution < -0.4 is 0 Å². The maximum Gasteiger partial charge on any atom is 0.234 e. The summed E-state index contributed by atoms with van der Waals surface area (Å²) in [5.41, 5.74) is 4.63. The quantitative estimate of drug-likeness (QED) is 0.621. The second kappa shape index (κ2) is 4.78. The molecular weight excluding hydrogens is 272 g/mol. The lowest BCUT2D eigenvalue weighted by Crippen LogP contribution is -2.21. The van der Waals surface area contributed by atoms with Crippen LogP contribution in [-0.4, -0.2) is 11.6 Å². The second-order valence-electron chi connectivity index (χ2n) is 5.33. The van der Waals surface area contributed by atoms with E-state index in [4.69, 9.17) is 0 Å². The Morgan fingerprint density at radius 1 is 0.455 bits per heavy atom. The van der Waals surface area contributed by atoms with Gasteiger partial charge < -0.3 is 0 Å². The fraction of sp³-hybridized carbons (Fsp3) is 0. The van der Waals surface area contributed by atoms with Crippen molar-refractivity contribution >= 4 is 11.6 Å². The topological polar surface area (TPSA) is 34.1 Å². The molecule has 0 fully saturated rings. The summed E-state index contributed by atoms with van der Waals surface area (Å²) in [5.74, 6) is -0.847. The summed E-state index contributed by atoms with van der Waals surface area (Å²) in [4.78, 5) is 24.7. The minimum atomic E-state index is -0.425. The molecule has 0 aliphatic heterocycles. The number of hydrogen-bond donors (Lipinski definition) is 0. The van der Waals surface area contributed by atoms with E-state index in [9.17, 15) is 9.59 Å². The Morgan fingerprint density at radius 3 is 1.82 bits per heavy atom. The fourth-order valence-corrected chi connectivity index (χ4v) is 2.94. The van der Waals surface area contributed by atoms with Gasteiger partial charge in [0.1, 0.15) is 0 Å². The average molecular weight is 284 g/mol. The van der Waals surface area contributed by atoms with E-state index in [1.807, 2.05) is 60.7 Å². The van der Waals surface area contributed by atoms with Crippen molar-refractivity contribution in [2.75, 3.05) is 0 Å². The molecule has 0 aromatic heterocycles.